The fourth-order valence-corrected chi connectivity index (χ4v) is 2.16. The smallest absolute Gasteiger partial charge is 0.328 e. The average Bonchev–Trinajstić information content (AvgIpc) is 2.50. The average molecular weight is 328 g/mol. The van der Waals surface area contributed by atoms with Crippen LogP contribution in [0.4, 0.5) is 0 Å². The maximum Gasteiger partial charge on any atom is 0.328 e. The van der Waals surface area contributed by atoms with Crippen LogP contribution < -0.4 is 10.1 Å². The number of esters is 1. The van der Waals surface area contributed by atoms with Crippen molar-refractivity contribution in [2.45, 2.75) is 33.2 Å². The fraction of sp³-hybridized carbons (Fsp3) is 0.500. The molecule has 1 N–H and O–H groups in total. The highest BCUT2D eigenvalue weighted by Crippen LogP contribution is 2.21. The standard InChI is InChI=1S/C16H22ClNO4/c1-5-10(2)15(16(20)21-4)18-14(19)9-22-13-7-6-12(17)8-11(13)3/h6-8,10,15H,5,9H2,1-4H3,(H,18,19)/t10-,15+/m1/s1. The largest absolute Gasteiger partial charge is 0.484 e. The molecule has 0 aliphatic heterocycles. The number of carbonyl (C=O) groups excluding carboxylic acids is 2. The van der Waals surface area contributed by atoms with Crippen molar-refractivity contribution in [1.29, 1.82) is 0 Å². The Labute approximate surface area is 135 Å². The minimum atomic E-state index is -0.669. The number of aryl methyl sites for hydroxylation is 1. The summed E-state index contributed by atoms with van der Waals surface area (Å²) in [4.78, 5) is 23.7. The predicted octanol–water partition coefficient (Wildman–Crippen LogP) is 2.73. The predicted molar refractivity (Wildman–Crippen MR) is 85.1 cm³/mol. The van der Waals surface area contributed by atoms with E-state index < -0.39 is 12.0 Å². The number of halogens is 1. The van der Waals surface area contributed by atoms with E-state index in [9.17, 15) is 9.59 Å². The van der Waals surface area contributed by atoms with Gasteiger partial charge in [0.1, 0.15) is 11.8 Å². The SMILES string of the molecule is CC[C@@H](C)[C@H](NC(=O)COc1ccc(Cl)cc1C)C(=O)OC. The molecule has 0 fully saturated rings. The molecule has 0 radical (unpaired) electrons. The minimum Gasteiger partial charge on any atom is -0.484 e. The molecule has 0 aromatic heterocycles. The van der Waals surface area contributed by atoms with E-state index in [1.807, 2.05) is 20.8 Å². The zero-order valence-electron chi connectivity index (χ0n) is 13.3. The van der Waals surface area contributed by atoms with Crippen molar-refractivity contribution in [2.75, 3.05) is 13.7 Å². The molecule has 0 unspecified atom stereocenters. The molecule has 22 heavy (non-hydrogen) atoms. The summed E-state index contributed by atoms with van der Waals surface area (Å²) in [6, 6.07) is 4.48. The van der Waals surface area contributed by atoms with Crippen LogP contribution in [0.2, 0.25) is 5.02 Å². The van der Waals surface area contributed by atoms with Crippen molar-refractivity contribution in [2.24, 2.45) is 5.92 Å². The second-order valence-corrected chi connectivity index (χ2v) is 5.59. The molecular weight excluding hydrogens is 306 g/mol. The van der Waals surface area contributed by atoms with Crippen molar-refractivity contribution >= 4 is 23.5 Å². The number of amides is 1. The van der Waals surface area contributed by atoms with Crippen molar-refractivity contribution in [1.82, 2.24) is 5.32 Å². The molecule has 0 spiro atoms. The van der Waals surface area contributed by atoms with Crippen LogP contribution in [-0.4, -0.2) is 31.6 Å². The Morgan fingerprint density at radius 1 is 1.36 bits per heavy atom. The van der Waals surface area contributed by atoms with E-state index in [1.165, 1.54) is 7.11 Å². The van der Waals surface area contributed by atoms with Gasteiger partial charge in [-0.15, -0.1) is 0 Å². The molecule has 5 nitrogen and oxygen atoms in total. The highest BCUT2D eigenvalue weighted by molar-refractivity contribution is 6.30. The highest BCUT2D eigenvalue weighted by Gasteiger charge is 2.26. The highest BCUT2D eigenvalue weighted by atomic mass is 35.5. The summed E-state index contributed by atoms with van der Waals surface area (Å²) in [7, 11) is 1.30. The molecule has 0 aliphatic rings. The normalized spacial score (nSPS) is 13.1. The summed E-state index contributed by atoms with van der Waals surface area (Å²) < 4.78 is 10.2. The molecule has 122 valence electrons. The number of rotatable bonds is 7. The Bertz CT molecular complexity index is 533. The van der Waals surface area contributed by atoms with Gasteiger partial charge in [-0.25, -0.2) is 4.79 Å². The summed E-state index contributed by atoms with van der Waals surface area (Å²) >= 11 is 5.86. The fourth-order valence-electron chi connectivity index (χ4n) is 1.93. The van der Waals surface area contributed by atoms with E-state index in [-0.39, 0.29) is 18.4 Å². The number of benzene rings is 1. The third kappa shape index (κ3) is 5.22. The quantitative estimate of drug-likeness (QED) is 0.782. The number of carbonyl (C=O) groups is 2. The Kier molecular flexibility index (Phi) is 7.18. The zero-order chi connectivity index (χ0) is 16.7. The topological polar surface area (TPSA) is 64.6 Å². The summed E-state index contributed by atoms with van der Waals surface area (Å²) in [6.07, 6.45) is 0.747. The van der Waals surface area contributed by atoms with Gasteiger partial charge in [0.2, 0.25) is 0 Å². The molecule has 0 saturated heterocycles. The first-order chi connectivity index (χ1) is 10.4. The summed E-state index contributed by atoms with van der Waals surface area (Å²) in [5.74, 6) is -0.262. The van der Waals surface area contributed by atoms with Crippen LogP contribution in [0.3, 0.4) is 0 Å². The van der Waals surface area contributed by atoms with Gasteiger partial charge in [-0.3, -0.25) is 4.79 Å². The van der Waals surface area contributed by atoms with Gasteiger partial charge < -0.3 is 14.8 Å². The van der Waals surface area contributed by atoms with Gasteiger partial charge in [0, 0.05) is 5.02 Å². The first kappa shape index (κ1) is 18.3. The molecule has 0 aliphatic carbocycles. The van der Waals surface area contributed by atoms with Crippen molar-refractivity contribution in [3.63, 3.8) is 0 Å². The van der Waals surface area contributed by atoms with Gasteiger partial charge in [0.25, 0.3) is 5.91 Å². The molecule has 0 saturated carbocycles. The van der Waals surface area contributed by atoms with E-state index >= 15 is 0 Å². The minimum absolute atomic E-state index is 0.0198. The number of ether oxygens (including phenoxy) is 2. The first-order valence-electron chi connectivity index (χ1n) is 7.15. The molecule has 6 heteroatoms. The molecule has 1 aromatic carbocycles. The van der Waals surface area contributed by atoms with Gasteiger partial charge in [0.05, 0.1) is 7.11 Å². The zero-order valence-corrected chi connectivity index (χ0v) is 14.1. The Balaban J connectivity index is 2.62. The third-order valence-corrected chi connectivity index (χ3v) is 3.72. The monoisotopic (exact) mass is 327 g/mol. The van der Waals surface area contributed by atoms with Crippen LogP contribution in [0.25, 0.3) is 0 Å². The number of methoxy groups -OCH3 is 1. The summed E-state index contributed by atoms with van der Waals surface area (Å²) in [5.41, 5.74) is 0.840. The van der Waals surface area contributed by atoms with Crippen LogP contribution in [0, 0.1) is 12.8 Å². The lowest BCUT2D eigenvalue weighted by Gasteiger charge is -2.22. The van der Waals surface area contributed by atoms with Gasteiger partial charge in [-0.05, 0) is 36.6 Å². The summed E-state index contributed by atoms with van der Waals surface area (Å²) in [6.45, 7) is 5.49. The number of hydrogen-bond donors (Lipinski definition) is 1. The summed E-state index contributed by atoms with van der Waals surface area (Å²) in [5, 5.41) is 3.26. The van der Waals surface area contributed by atoms with E-state index in [1.54, 1.807) is 18.2 Å². The molecule has 1 amide bonds. The maximum absolute atomic E-state index is 12.0. The third-order valence-electron chi connectivity index (χ3n) is 3.48. The molecular formula is C16H22ClNO4. The Morgan fingerprint density at radius 3 is 2.59 bits per heavy atom. The van der Waals surface area contributed by atoms with Gasteiger partial charge in [-0.1, -0.05) is 31.9 Å². The Hall–Kier alpha value is -1.75. The van der Waals surface area contributed by atoms with Gasteiger partial charge in [0.15, 0.2) is 6.61 Å². The van der Waals surface area contributed by atoms with Crippen LogP contribution in [0.15, 0.2) is 18.2 Å². The van der Waals surface area contributed by atoms with Crippen LogP contribution >= 0.6 is 11.6 Å². The molecule has 2 atom stereocenters. The van der Waals surface area contributed by atoms with Gasteiger partial charge >= 0.3 is 5.97 Å². The molecule has 0 bridgehead atoms. The lowest BCUT2D eigenvalue weighted by Crippen LogP contribution is -2.47. The first-order valence-corrected chi connectivity index (χ1v) is 7.53. The Morgan fingerprint density at radius 2 is 2.05 bits per heavy atom. The van der Waals surface area contributed by atoms with Crippen molar-refractivity contribution in [3.8, 4) is 5.75 Å². The van der Waals surface area contributed by atoms with E-state index in [0.717, 1.165) is 12.0 Å². The van der Waals surface area contributed by atoms with Crippen LogP contribution in [0.5, 0.6) is 5.75 Å². The maximum atomic E-state index is 12.0. The van der Waals surface area contributed by atoms with E-state index in [2.05, 4.69) is 5.32 Å². The second-order valence-electron chi connectivity index (χ2n) is 5.15. The second kappa shape index (κ2) is 8.63. The van der Waals surface area contributed by atoms with Gasteiger partial charge in [-0.2, -0.15) is 0 Å². The van der Waals surface area contributed by atoms with E-state index in [4.69, 9.17) is 21.1 Å². The number of hydrogen-bond acceptors (Lipinski definition) is 4. The van der Waals surface area contributed by atoms with Crippen molar-refractivity contribution in [3.05, 3.63) is 28.8 Å². The van der Waals surface area contributed by atoms with E-state index in [0.29, 0.717) is 10.8 Å². The lowest BCUT2D eigenvalue weighted by atomic mass is 9.99. The number of nitrogens with one attached hydrogen (secondary N) is 1. The molecule has 1 rings (SSSR count). The van der Waals surface area contributed by atoms with Crippen LogP contribution in [0.1, 0.15) is 25.8 Å². The lowest BCUT2D eigenvalue weighted by molar-refractivity contribution is -0.146. The van der Waals surface area contributed by atoms with Crippen LogP contribution in [-0.2, 0) is 14.3 Å². The van der Waals surface area contributed by atoms with Crippen molar-refractivity contribution < 1.29 is 19.1 Å². The molecule has 0 heterocycles. The molecule has 1 aromatic rings.